The number of hydrogen-bond acceptors (Lipinski definition) is 4. The topological polar surface area (TPSA) is 34.1 Å². The van der Waals surface area contributed by atoms with Crippen LogP contribution in [0.5, 0.6) is 5.75 Å². The van der Waals surface area contributed by atoms with Crippen LogP contribution in [-0.4, -0.2) is 11.1 Å². The smallest absolute Gasteiger partial charge is 0.119 e. The molecule has 0 unspecified atom stereocenters. The zero-order valence-corrected chi connectivity index (χ0v) is 11.5. The van der Waals surface area contributed by atoms with Crippen LogP contribution in [-0.2, 0) is 13.1 Å². The van der Waals surface area contributed by atoms with E-state index in [4.69, 9.17) is 4.74 Å². The quantitative estimate of drug-likeness (QED) is 0.868. The minimum atomic E-state index is 0.221. The molecular weight excluding hydrogens is 244 g/mol. The van der Waals surface area contributed by atoms with Gasteiger partial charge in [-0.3, -0.25) is 0 Å². The molecule has 0 radical (unpaired) electrons. The summed E-state index contributed by atoms with van der Waals surface area (Å²) in [5, 5.41) is 6.49. The average molecular weight is 262 g/mol. The van der Waals surface area contributed by atoms with Crippen LogP contribution in [0.4, 0.5) is 0 Å². The highest BCUT2D eigenvalue weighted by Crippen LogP contribution is 2.13. The number of aromatic nitrogens is 1. The molecule has 0 saturated heterocycles. The predicted octanol–water partition coefficient (Wildman–Crippen LogP) is 3.22. The van der Waals surface area contributed by atoms with Crippen molar-refractivity contribution < 1.29 is 4.74 Å². The molecule has 0 amide bonds. The molecule has 3 nitrogen and oxygen atoms in total. The van der Waals surface area contributed by atoms with Crippen LogP contribution >= 0.6 is 11.3 Å². The molecule has 1 N–H and O–H groups in total. The van der Waals surface area contributed by atoms with E-state index in [1.807, 2.05) is 37.6 Å². The van der Waals surface area contributed by atoms with Gasteiger partial charge in [-0.15, -0.1) is 11.3 Å². The van der Waals surface area contributed by atoms with Crippen molar-refractivity contribution in [3.63, 3.8) is 0 Å². The van der Waals surface area contributed by atoms with Crippen molar-refractivity contribution in [1.29, 1.82) is 0 Å². The van der Waals surface area contributed by atoms with Crippen LogP contribution in [0.1, 0.15) is 24.4 Å². The van der Waals surface area contributed by atoms with E-state index >= 15 is 0 Å². The van der Waals surface area contributed by atoms with Crippen molar-refractivity contribution in [2.75, 3.05) is 0 Å². The first kappa shape index (κ1) is 13.1. The van der Waals surface area contributed by atoms with Crippen molar-refractivity contribution in [1.82, 2.24) is 10.3 Å². The average Bonchev–Trinajstić information content (AvgIpc) is 2.84. The lowest BCUT2D eigenvalue weighted by Gasteiger charge is -2.10. The first-order chi connectivity index (χ1) is 8.74. The van der Waals surface area contributed by atoms with Gasteiger partial charge >= 0.3 is 0 Å². The SMILES string of the molecule is CC(C)Oc1ccc(CNCc2nccs2)cc1. The van der Waals surface area contributed by atoms with Gasteiger partial charge in [0.15, 0.2) is 0 Å². The normalized spacial score (nSPS) is 10.8. The summed E-state index contributed by atoms with van der Waals surface area (Å²) in [6.07, 6.45) is 2.05. The van der Waals surface area contributed by atoms with E-state index in [0.29, 0.717) is 0 Å². The lowest BCUT2D eigenvalue weighted by atomic mass is 10.2. The van der Waals surface area contributed by atoms with Gasteiger partial charge in [0.05, 0.1) is 6.10 Å². The molecule has 0 aliphatic carbocycles. The molecule has 0 aliphatic rings. The Morgan fingerprint density at radius 3 is 2.61 bits per heavy atom. The maximum absolute atomic E-state index is 5.60. The molecule has 2 aromatic rings. The molecule has 0 atom stereocenters. The van der Waals surface area contributed by atoms with E-state index in [1.54, 1.807) is 11.3 Å². The van der Waals surface area contributed by atoms with Crippen LogP contribution in [0.2, 0.25) is 0 Å². The Bertz CT molecular complexity index is 451. The summed E-state index contributed by atoms with van der Waals surface area (Å²) in [7, 11) is 0. The van der Waals surface area contributed by atoms with Gasteiger partial charge in [-0.05, 0) is 31.5 Å². The Labute approximate surface area is 112 Å². The zero-order chi connectivity index (χ0) is 12.8. The number of thiazole rings is 1. The molecule has 18 heavy (non-hydrogen) atoms. The van der Waals surface area contributed by atoms with Gasteiger partial charge in [0.25, 0.3) is 0 Å². The molecule has 1 heterocycles. The van der Waals surface area contributed by atoms with E-state index in [2.05, 4.69) is 22.4 Å². The van der Waals surface area contributed by atoms with Crippen LogP contribution < -0.4 is 10.1 Å². The van der Waals surface area contributed by atoms with Gasteiger partial charge in [-0.25, -0.2) is 4.98 Å². The van der Waals surface area contributed by atoms with Gasteiger partial charge in [0.1, 0.15) is 10.8 Å². The van der Waals surface area contributed by atoms with Crippen molar-refractivity contribution in [3.05, 3.63) is 46.4 Å². The van der Waals surface area contributed by atoms with Crippen LogP contribution in [0, 0.1) is 0 Å². The summed E-state index contributed by atoms with van der Waals surface area (Å²) < 4.78 is 5.60. The van der Waals surface area contributed by atoms with Crippen molar-refractivity contribution in [2.45, 2.75) is 33.0 Å². The number of nitrogens with zero attached hydrogens (tertiary/aromatic N) is 1. The lowest BCUT2D eigenvalue weighted by Crippen LogP contribution is -2.12. The molecule has 0 spiro atoms. The number of benzene rings is 1. The summed E-state index contributed by atoms with van der Waals surface area (Å²) in [6, 6.07) is 8.21. The summed E-state index contributed by atoms with van der Waals surface area (Å²) in [4.78, 5) is 4.23. The molecule has 0 fully saturated rings. The lowest BCUT2D eigenvalue weighted by molar-refractivity contribution is 0.242. The van der Waals surface area contributed by atoms with Crippen LogP contribution in [0.3, 0.4) is 0 Å². The minimum absolute atomic E-state index is 0.221. The Morgan fingerprint density at radius 2 is 2.00 bits per heavy atom. The summed E-state index contributed by atoms with van der Waals surface area (Å²) >= 11 is 1.67. The number of nitrogens with one attached hydrogen (secondary N) is 1. The second kappa shape index (κ2) is 6.52. The first-order valence-electron chi connectivity index (χ1n) is 6.09. The highest BCUT2D eigenvalue weighted by atomic mass is 32.1. The monoisotopic (exact) mass is 262 g/mol. The Kier molecular flexibility index (Phi) is 4.73. The van der Waals surface area contributed by atoms with Crippen molar-refractivity contribution >= 4 is 11.3 Å². The van der Waals surface area contributed by atoms with E-state index in [0.717, 1.165) is 23.8 Å². The molecule has 96 valence electrons. The van der Waals surface area contributed by atoms with Gasteiger partial charge < -0.3 is 10.1 Å². The summed E-state index contributed by atoms with van der Waals surface area (Å²) in [6.45, 7) is 5.73. The molecule has 1 aromatic carbocycles. The number of rotatable bonds is 6. The first-order valence-corrected chi connectivity index (χ1v) is 6.96. The third-order valence-corrected chi connectivity index (χ3v) is 3.16. The second-order valence-electron chi connectivity index (χ2n) is 4.34. The summed E-state index contributed by atoms with van der Waals surface area (Å²) in [5.74, 6) is 0.925. The van der Waals surface area contributed by atoms with Crippen molar-refractivity contribution in [2.24, 2.45) is 0 Å². The fourth-order valence-electron chi connectivity index (χ4n) is 1.61. The van der Waals surface area contributed by atoms with E-state index in [9.17, 15) is 0 Å². The third-order valence-electron chi connectivity index (χ3n) is 2.38. The molecular formula is C14H18N2OS. The van der Waals surface area contributed by atoms with E-state index in [-0.39, 0.29) is 6.10 Å². The fraction of sp³-hybridized carbons (Fsp3) is 0.357. The van der Waals surface area contributed by atoms with Crippen molar-refractivity contribution in [3.8, 4) is 5.75 Å². The fourth-order valence-corrected chi connectivity index (χ4v) is 2.20. The second-order valence-corrected chi connectivity index (χ2v) is 5.32. The van der Waals surface area contributed by atoms with Crippen LogP contribution in [0.15, 0.2) is 35.8 Å². The number of ether oxygens (including phenoxy) is 1. The third kappa shape index (κ3) is 4.13. The highest BCUT2D eigenvalue weighted by Gasteiger charge is 1.99. The Hall–Kier alpha value is -1.39. The van der Waals surface area contributed by atoms with E-state index in [1.165, 1.54) is 5.56 Å². The predicted molar refractivity (Wildman–Crippen MR) is 74.9 cm³/mol. The van der Waals surface area contributed by atoms with Gasteiger partial charge in [-0.1, -0.05) is 12.1 Å². The maximum Gasteiger partial charge on any atom is 0.119 e. The minimum Gasteiger partial charge on any atom is -0.491 e. The molecule has 0 aliphatic heterocycles. The van der Waals surface area contributed by atoms with Crippen LogP contribution in [0.25, 0.3) is 0 Å². The molecule has 1 aromatic heterocycles. The largest absolute Gasteiger partial charge is 0.491 e. The maximum atomic E-state index is 5.60. The highest BCUT2D eigenvalue weighted by molar-refractivity contribution is 7.09. The molecule has 2 rings (SSSR count). The Morgan fingerprint density at radius 1 is 1.22 bits per heavy atom. The number of hydrogen-bond donors (Lipinski definition) is 1. The summed E-state index contributed by atoms with van der Waals surface area (Å²) in [5.41, 5.74) is 1.25. The van der Waals surface area contributed by atoms with Gasteiger partial charge in [0.2, 0.25) is 0 Å². The standard InChI is InChI=1S/C14H18N2OS/c1-11(2)17-13-5-3-12(4-6-13)9-15-10-14-16-7-8-18-14/h3-8,11,15H,9-10H2,1-2H3. The molecule has 0 bridgehead atoms. The molecule has 4 heteroatoms. The van der Waals surface area contributed by atoms with Gasteiger partial charge in [-0.2, -0.15) is 0 Å². The zero-order valence-electron chi connectivity index (χ0n) is 10.7. The van der Waals surface area contributed by atoms with E-state index < -0.39 is 0 Å². The van der Waals surface area contributed by atoms with Gasteiger partial charge in [0, 0.05) is 24.7 Å². The Balaban J connectivity index is 1.79. The molecule has 0 saturated carbocycles.